The van der Waals surface area contributed by atoms with Gasteiger partial charge in [-0.05, 0) is 49.6 Å². The third kappa shape index (κ3) is 3.74. The summed E-state index contributed by atoms with van der Waals surface area (Å²) in [6.45, 7) is 2.57. The van der Waals surface area contributed by atoms with Gasteiger partial charge in [0.25, 0.3) is 5.89 Å². The number of benzene rings is 2. The Balaban J connectivity index is 1.42. The van der Waals surface area contributed by atoms with E-state index in [-0.39, 0.29) is 11.7 Å². The standard InChI is InChI=1S/C22H21FN6O2/c1-13-24-21(31-28-13)18-10-9-16(12-19(18)30-2)25-22-26-20-17(4-3-11-29(20)27-22)14-5-7-15(23)8-6-14/h5-10,12,17H,3-4,11H2,1-2H3,(H,25,27). The Labute approximate surface area is 178 Å². The topological polar surface area (TPSA) is 90.9 Å². The van der Waals surface area contributed by atoms with Crippen LogP contribution in [-0.2, 0) is 6.54 Å². The van der Waals surface area contributed by atoms with E-state index in [0.717, 1.165) is 36.5 Å². The Morgan fingerprint density at radius 2 is 2.00 bits per heavy atom. The molecule has 1 unspecified atom stereocenters. The minimum Gasteiger partial charge on any atom is -0.496 e. The molecule has 2 aromatic heterocycles. The minimum atomic E-state index is -0.239. The van der Waals surface area contributed by atoms with Crippen LogP contribution in [0.1, 0.15) is 36.0 Å². The highest BCUT2D eigenvalue weighted by atomic mass is 19.1. The fraction of sp³-hybridized carbons (Fsp3) is 0.273. The van der Waals surface area contributed by atoms with Gasteiger partial charge < -0.3 is 14.6 Å². The van der Waals surface area contributed by atoms with Crippen molar-refractivity contribution >= 4 is 11.6 Å². The van der Waals surface area contributed by atoms with Gasteiger partial charge in [0.1, 0.15) is 17.4 Å². The van der Waals surface area contributed by atoms with Gasteiger partial charge in [-0.2, -0.15) is 9.97 Å². The predicted molar refractivity (Wildman–Crippen MR) is 112 cm³/mol. The molecule has 9 heteroatoms. The Bertz CT molecular complexity index is 1220. The van der Waals surface area contributed by atoms with Crippen LogP contribution in [-0.4, -0.2) is 32.0 Å². The number of anilines is 2. The number of aromatic nitrogens is 5. The highest BCUT2D eigenvalue weighted by Crippen LogP contribution is 2.35. The van der Waals surface area contributed by atoms with Crippen molar-refractivity contribution in [2.24, 2.45) is 0 Å². The van der Waals surface area contributed by atoms with Crippen molar-refractivity contribution in [1.29, 1.82) is 0 Å². The summed E-state index contributed by atoms with van der Waals surface area (Å²) in [5.41, 5.74) is 2.53. The van der Waals surface area contributed by atoms with Crippen LogP contribution >= 0.6 is 0 Å². The molecule has 1 aliphatic rings. The molecule has 0 bridgehead atoms. The van der Waals surface area contributed by atoms with Crippen molar-refractivity contribution in [3.05, 3.63) is 65.5 Å². The summed E-state index contributed by atoms with van der Waals surface area (Å²) < 4.78 is 26.0. The first-order valence-electron chi connectivity index (χ1n) is 10.1. The third-order valence-electron chi connectivity index (χ3n) is 5.36. The van der Waals surface area contributed by atoms with E-state index in [2.05, 4.69) is 20.6 Å². The Morgan fingerprint density at radius 1 is 1.16 bits per heavy atom. The van der Waals surface area contributed by atoms with Crippen LogP contribution in [0.25, 0.3) is 11.5 Å². The van der Waals surface area contributed by atoms with Crippen molar-refractivity contribution in [1.82, 2.24) is 24.9 Å². The second kappa shape index (κ2) is 7.82. The summed E-state index contributed by atoms with van der Waals surface area (Å²) >= 11 is 0. The second-order valence-electron chi connectivity index (χ2n) is 7.45. The van der Waals surface area contributed by atoms with Crippen LogP contribution in [0, 0.1) is 12.7 Å². The van der Waals surface area contributed by atoms with E-state index in [9.17, 15) is 4.39 Å². The van der Waals surface area contributed by atoms with Crippen molar-refractivity contribution in [3.8, 4) is 17.2 Å². The molecule has 0 radical (unpaired) electrons. The van der Waals surface area contributed by atoms with E-state index in [4.69, 9.17) is 14.2 Å². The lowest BCUT2D eigenvalue weighted by Crippen LogP contribution is -2.17. The largest absolute Gasteiger partial charge is 0.496 e. The number of fused-ring (bicyclic) bond motifs is 1. The third-order valence-corrected chi connectivity index (χ3v) is 5.36. The summed E-state index contributed by atoms with van der Waals surface area (Å²) in [5.74, 6) is 2.80. The fourth-order valence-electron chi connectivity index (χ4n) is 3.90. The molecule has 0 saturated carbocycles. The molecule has 3 heterocycles. The summed E-state index contributed by atoms with van der Waals surface area (Å²) in [6.07, 6.45) is 1.94. The van der Waals surface area contributed by atoms with Gasteiger partial charge in [-0.25, -0.2) is 9.07 Å². The van der Waals surface area contributed by atoms with Gasteiger partial charge in [0.2, 0.25) is 5.95 Å². The van der Waals surface area contributed by atoms with E-state index in [1.807, 2.05) is 35.0 Å². The van der Waals surface area contributed by atoms with Crippen LogP contribution in [0.3, 0.4) is 0 Å². The maximum Gasteiger partial charge on any atom is 0.261 e. The fourth-order valence-corrected chi connectivity index (χ4v) is 3.90. The minimum absolute atomic E-state index is 0.0927. The normalized spacial score (nSPS) is 15.5. The van der Waals surface area contributed by atoms with Gasteiger partial charge in [-0.15, -0.1) is 5.10 Å². The molecular formula is C22H21FN6O2. The monoisotopic (exact) mass is 420 g/mol. The number of rotatable bonds is 5. The SMILES string of the molecule is COc1cc(Nc2nc3n(n2)CCCC3c2ccc(F)cc2)ccc1-c1nc(C)no1. The lowest BCUT2D eigenvalue weighted by atomic mass is 9.91. The van der Waals surface area contributed by atoms with Gasteiger partial charge in [-0.1, -0.05) is 17.3 Å². The van der Waals surface area contributed by atoms with Crippen molar-refractivity contribution < 1.29 is 13.7 Å². The Hall–Kier alpha value is -3.75. The zero-order valence-corrected chi connectivity index (χ0v) is 17.2. The summed E-state index contributed by atoms with van der Waals surface area (Å²) in [4.78, 5) is 8.99. The summed E-state index contributed by atoms with van der Waals surface area (Å²) in [7, 11) is 1.59. The van der Waals surface area contributed by atoms with E-state index in [1.54, 1.807) is 14.0 Å². The van der Waals surface area contributed by atoms with Gasteiger partial charge in [-0.3, -0.25) is 0 Å². The average Bonchev–Trinajstić information content (AvgIpc) is 3.39. The first-order valence-corrected chi connectivity index (χ1v) is 10.1. The van der Waals surface area contributed by atoms with Crippen LogP contribution in [0.15, 0.2) is 47.0 Å². The lowest BCUT2D eigenvalue weighted by molar-refractivity contribution is 0.404. The van der Waals surface area contributed by atoms with E-state index in [1.165, 1.54) is 12.1 Å². The number of ether oxygens (including phenoxy) is 1. The quantitative estimate of drug-likeness (QED) is 0.510. The van der Waals surface area contributed by atoms with Gasteiger partial charge in [0.15, 0.2) is 5.82 Å². The highest BCUT2D eigenvalue weighted by molar-refractivity contribution is 5.69. The number of hydrogen-bond donors (Lipinski definition) is 1. The average molecular weight is 420 g/mol. The first kappa shape index (κ1) is 19.2. The molecule has 1 atom stereocenters. The molecule has 158 valence electrons. The molecule has 8 nitrogen and oxygen atoms in total. The number of nitrogens with one attached hydrogen (secondary N) is 1. The maximum atomic E-state index is 13.3. The lowest BCUT2D eigenvalue weighted by Gasteiger charge is -2.22. The number of halogens is 1. The van der Waals surface area contributed by atoms with Gasteiger partial charge >= 0.3 is 0 Å². The van der Waals surface area contributed by atoms with Crippen LogP contribution in [0.2, 0.25) is 0 Å². The van der Waals surface area contributed by atoms with Crippen molar-refractivity contribution in [3.63, 3.8) is 0 Å². The van der Waals surface area contributed by atoms with Crippen molar-refractivity contribution in [2.45, 2.75) is 32.2 Å². The smallest absolute Gasteiger partial charge is 0.261 e. The van der Waals surface area contributed by atoms with E-state index < -0.39 is 0 Å². The molecule has 4 aromatic rings. The van der Waals surface area contributed by atoms with Crippen LogP contribution in [0.5, 0.6) is 5.75 Å². The maximum absolute atomic E-state index is 13.3. The van der Waals surface area contributed by atoms with Gasteiger partial charge in [0.05, 0.1) is 12.7 Å². The van der Waals surface area contributed by atoms with E-state index >= 15 is 0 Å². The Kier molecular flexibility index (Phi) is 4.85. The molecule has 5 rings (SSSR count). The molecule has 1 N–H and O–H groups in total. The van der Waals surface area contributed by atoms with Crippen LogP contribution < -0.4 is 10.1 Å². The van der Waals surface area contributed by atoms with Crippen molar-refractivity contribution in [2.75, 3.05) is 12.4 Å². The number of hydrogen-bond acceptors (Lipinski definition) is 7. The Morgan fingerprint density at radius 3 is 2.74 bits per heavy atom. The molecule has 0 amide bonds. The zero-order valence-electron chi connectivity index (χ0n) is 17.2. The number of nitrogens with zero attached hydrogens (tertiary/aromatic N) is 5. The molecule has 1 aliphatic heterocycles. The molecular weight excluding hydrogens is 399 g/mol. The molecule has 2 aromatic carbocycles. The number of aryl methyl sites for hydroxylation is 2. The molecule has 31 heavy (non-hydrogen) atoms. The highest BCUT2D eigenvalue weighted by Gasteiger charge is 2.26. The van der Waals surface area contributed by atoms with Gasteiger partial charge in [0, 0.05) is 24.2 Å². The zero-order chi connectivity index (χ0) is 21.4. The first-order chi connectivity index (χ1) is 15.1. The molecule has 0 spiro atoms. The number of methoxy groups -OCH3 is 1. The summed E-state index contributed by atoms with van der Waals surface area (Å²) in [5, 5.41) is 11.7. The predicted octanol–water partition coefficient (Wildman–Crippen LogP) is 4.45. The molecule has 0 fully saturated rings. The second-order valence-corrected chi connectivity index (χ2v) is 7.45. The van der Waals surface area contributed by atoms with Crippen LogP contribution in [0.4, 0.5) is 16.0 Å². The molecule has 0 aliphatic carbocycles. The summed E-state index contributed by atoms with van der Waals surface area (Å²) in [6, 6.07) is 12.2. The molecule has 0 saturated heterocycles. The van der Waals surface area contributed by atoms with E-state index in [0.29, 0.717) is 29.0 Å².